The highest BCUT2D eigenvalue weighted by atomic mass is 32.2. The molecule has 0 heterocycles. The molecule has 240 valence electrons. The lowest BCUT2D eigenvalue weighted by molar-refractivity contribution is -0.131. The van der Waals surface area contributed by atoms with Crippen LogP contribution in [0.4, 0.5) is 5.69 Å². The molecule has 0 fully saturated rings. The van der Waals surface area contributed by atoms with Crippen LogP contribution in [0.25, 0.3) is 6.08 Å². The van der Waals surface area contributed by atoms with Gasteiger partial charge in [0.05, 0.1) is 26.7 Å². The molecule has 45 heavy (non-hydrogen) atoms. The van der Waals surface area contributed by atoms with Crippen LogP contribution in [0.15, 0.2) is 71.6 Å². The number of likely N-dealkylation sites (N-methyl/N-ethyl adjacent to an activating group) is 2. The predicted molar refractivity (Wildman–Crippen MR) is 176 cm³/mol. The molecule has 0 saturated heterocycles. The van der Waals surface area contributed by atoms with Gasteiger partial charge in [0.15, 0.2) is 0 Å². The monoisotopic (exact) mass is 634 g/mol. The molecule has 1 aliphatic rings. The highest BCUT2D eigenvalue weighted by Crippen LogP contribution is 2.36. The van der Waals surface area contributed by atoms with Gasteiger partial charge in [0.1, 0.15) is 16.4 Å². The van der Waals surface area contributed by atoms with E-state index in [1.807, 2.05) is 55.4 Å². The number of nitrogens with one attached hydrogen (secondary N) is 2. The minimum absolute atomic E-state index is 0.0342. The van der Waals surface area contributed by atoms with Crippen molar-refractivity contribution in [1.29, 1.82) is 0 Å². The van der Waals surface area contributed by atoms with Crippen LogP contribution in [-0.4, -0.2) is 78.5 Å². The Kier molecular flexibility index (Phi) is 11.2. The lowest BCUT2D eigenvalue weighted by Gasteiger charge is -2.34. The highest BCUT2D eigenvalue weighted by molar-refractivity contribution is 7.92. The SMILES string of the molecule is COc1cccc(CC(=O)N(C)C2CCCc3ccc(NS(=O)(=O)c4cc(/C=C/C(=O)NCCN(C)C)ccc4OC)cc32)c1. The summed E-state index contributed by atoms with van der Waals surface area (Å²) in [6, 6.07) is 17.5. The van der Waals surface area contributed by atoms with Crippen LogP contribution in [-0.2, 0) is 32.5 Å². The second-order valence-electron chi connectivity index (χ2n) is 11.3. The fourth-order valence-electron chi connectivity index (χ4n) is 5.35. The molecule has 0 spiro atoms. The van der Waals surface area contributed by atoms with Crippen molar-refractivity contribution in [1.82, 2.24) is 15.1 Å². The van der Waals surface area contributed by atoms with Crippen molar-refractivity contribution in [2.75, 3.05) is 53.2 Å². The zero-order chi connectivity index (χ0) is 32.6. The maximum Gasteiger partial charge on any atom is 0.265 e. The van der Waals surface area contributed by atoms with Crippen molar-refractivity contribution in [3.8, 4) is 11.5 Å². The van der Waals surface area contributed by atoms with Gasteiger partial charge in [-0.25, -0.2) is 8.42 Å². The number of hydrogen-bond acceptors (Lipinski definition) is 7. The molecule has 2 N–H and O–H groups in total. The Hall–Kier alpha value is -4.35. The van der Waals surface area contributed by atoms with E-state index in [-0.39, 0.29) is 34.9 Å². The molecule has 1 unspecified atom stereocenters. The Morgan fingerprint density at radius 2 is 1.80 bits per heavy atom. The van der Waals surface area contributed by atoms with Gasteiger partial charge in [-0.15, -0.1) is 0 Å². The smallest absolute Gasteiger partial charge is 0.265 e. The lowest BCUT2D eigenvalue weighted by Crippen LogP contribution is -2.34. The molecule has 0 aromatic heterocycles. The van der Waals surface area contributed by atoms with E-state index >= 15 is 0 Å². The largest absolute Gasteiger partial charge is 0.497 e. The van der Waals surface area contributed by atoms with Crippen molar-refractivity contribution in [2.45, 2.75) is 36.6 Å². The Labute approximate surface area is 266 Å². The van der Waals surface area contributed by atoms with Crippen molar-refractivity contribution in [3.63, 3.8) is 0 Å². The number of ether oxygens (including phenoxy) is 2. The number of fused-ring (bicyclic) bond motifs is 1. The van der Waals surface area contributed by atoms with Crippen LogP contribution < -0.4 is 19.5 Å². The van der Waals surface area contributed by atoms with Crippen molar-refractivity contribution < 1.29 is 27.5 Å². The summed E-state index contributed by atoms with van der Waals surface area (Å²) >= 11 is 0. The Morgan fingerprint density at radius 1 is 1.00 bits per heavy atom. The molecular weight excluding hydrogens is 592 g/mol. The molecule has 2 amide bonds. The Morgan fingerprint density at radius 3 is 2.53 bits per heavy atom. The van der Waals surface area contributed by atoms with Gasteiger partial charge in [-0.05, 0) is 98.1 Å². The van der Waals surface area contributed by atoms with Crippen molar-refractivity contribution in [2.24, 2.45) is 0 Å². The van der Waals surface area contributed by atoms with Gasteiger partial charge in [0, 0.05) is 31.9 Å². The van der Waals surface area contributed by atoms with Crippen molar-refractivity contribution in [3.05, 3.63) is 89.0 Å². The quantitative estimate of drug-likeness (QED) is 0.270. The summed E-state index contributed by atoms with van der Waals surface area (Å²) in [4.78, 5) is 29.2. The third-order valence-electron chi connectivity index (χ3n) is 7.79. The van der Waals surface area contributed by atoms with Gasteiger partial charge < -0.3 is 24.6 Å². The minimum atomic E-state index is -4.08. The molecule has 0 saturated carbocycles. The van der Waals surface area contributed by atoms with Crippen LogP contribution in [0.3, 0.4) is 0 Å². The Bertz CT molecular complexity index is 1650. The summed E-state index contributed by atoms with van der Waals surface area (Å²) in [5.74, 6) is 0.565. The Balaban J connectivity index is 1.53. The number of amides is 2. The first-order valence-electron chi connectivity index (χ1n) is 14.8. The van der Waals surface area contributed by atoms with Gasteiger partial charge in [0.25, 0.3) is 10.0 Å². The topological polar surface area (TPSA) is 117 Å². The van der Waals surface area contributed by atoms with Crippen LogP contribution in [0, 0.1) is 0 Å². The van der Waals surface area contributed by atoms with Gasteiger partial charge in [-0.3, -0.25) is 14.3 Å². The van der Waals surface area contributed by atoms with Gasteiger partial charge >= 0.3 is 0 Å². The summed E-state index contributed by atoms with van der Waals surface area (Å²) in [7, 11) is 4.56. The normalized spacial score (nSPS) is 14.6. The van der Waals surface area contributed by atoms with E-state index in [1.54, 1.807) is 43.3 Å². The molecule has 0 aliphatic heterocycles. The summed E-state index contributed by atoms with van der Waals surface area (Å²) < 4.78 is 40.7. The first-order chi connectivity index (χ1) is 21.5. The number of nitrogens with zero attached hydrogens (tertiary/aromatic N) is 2. The standard InChI is InChI=1S/C34H42N4O6S/c1-37(2)19-18-35-33(39)17-13-24-12-16-31(44-5)32(21-24)45(41,42)36-27-15-14-26-9-7-11-30(29(26)23-27)38(3)34(40)22-25-8-6-10-28(20-25)43-4/h6,8,10,12-17,20-21,23,30,36H,7,9,11,18-19,22H2,1-5H3,(H,35,39)/b17-13+. The molecule has 3 aromatic rings. The average Bonchev–Trinajstić information content (AvgIpc) is 3.02. The number of aryl methyl sites for hydroxylation is 1. The number of anilines is 1. The fourth-order valence-corrected chi connectivity index (χ4v) is 6.60. The van der Waals surface area contributed by atoms with Crippen molar-refractivity contribution >= 4 is 33.6 Å². The van der Waals surface area contributed by atoms with Gasteiger partial charge in [-0.2, -0.15) is 0 Å². The van der Waals surface area contributed by atoms with E-state index in [9.17, 15) is 18.0 Å². The van der Waals surface area contributed by atoms with E-state index < -0.39 is 10.0 Å². The average molecular weight is 635 g/mol. The highest BCUT2D eigenvalue weighted by Gasteiger charge is 2.28. The zero-order valence-corrected chi connectivity index (χ0v) is 27.3. The maximum absolute atomic E-state index is 13.7. The predicted octanol–water partition coefficient (Wildman–Crippen LogP) is 4.27. The fraction of sp³-hybridized carbons (Fsp3) is 0.353. The van der Waals surface area contributed by atoms with E-state index in [4.69, 9.17) is 9.47 Å². The molecule has 1 aliphatic carbocycles. The lowest BCUT2D eigenvalue weighted by atomic mass is 9.86. The first kappa shape index (κ1) is 33.5. The number of benzene rings is 3. The maximum atomic E-state index is 13.7. The van der Waals surface area contributed by atoms with E-state index in [0.717, 1.165) is 36.0 Å². The number of hydrogen-bond donors (Lipinski definition) is 2. The molecule has 0 radical (unpaired) electrons. The van der Waals surface area contributed by atoms with Crippen LogP contribution in [0.2, 0.25) is 0 Å². The van der Waals surface area contributed by atoms with Gasteiger partial charge in [0.2, 0.25) is 11.8 Å². The summed E-state index contributed by atoms with van der Waals surface area (Å²) in [6.07, 6.45) is 5.71. The molecule has 1 atom stereocenters. The molecular formula is C34H42N4O6S. The van der Waals surface area contributed by atoms with Crippen LogP contribution in [0.1, 0.15) is 41.1 Å². The van der Waals surface area contributed by atoms with E-state index in [2.05, 4.69) is 10.0 Å². The third-order valence-corrected chi connectivity index (χ3v) is 9.20. The zero-order valence-electron chi connectivity index (χ0n) is 26.5. The van der Waals surface area contributed by atoms with Crippen LogP contribution in [0.5, 0.6) is 11.5 Å². The van der Waals surface area contributed by atoms with E-state index in [1.165, 1.54) is 19.3 Å². The number of rotatable bonds is 13. The summed E-state index contributed by atoms with van der Waals surface area (Å²) in [6.45, 7) is 1.20. The summed E-state index contributed by atoms with van der Waals surface area (Å²) in [5.41, 5.74) is 3.79. The number of carbonyl (C=O) groups is 2. The molecule has 0 bridgehead atoms. The number of sulfonamides is 1. The van der Waals surface area contributed by atoms with Crippen LogP contribution >= 0.6 is 0 Å². The molecule has 11 heteroatoms. The van der Waals surface area contributed by atoms with E-state index in [0.29, 0.717) is 30.1 Å². The first-order valence-corrected chi connectivity index (χ1v) is 16.3. The number of carbonyl (C=O) groups excluding carboxylic acids is 2. The molecule has 10 nitrogen and oxygen atoms in total. The minimum Gasteiger partial charge on any atom is -0.497 e. The third kappa shape index (κ3) is 8.86. The summed E-state index contributed by atoms with van der Waals surface area (Å²) in [5, 5.41) is 2.79. The second kappa shape index (κ2) is 15.1. The molecule has 3 aromatic carbocycles. The molecule has 4 rings (SSSR count). The van der Waals surface area contributed by atoms with Gasteiger partial charge in [-0.1, -0.05) is 24.3 Å². The number of methoxy groups -OCH3 is 2. The second-order valence-corrected chi connectivity index (χ2v) is 12.9.